The highest BCUT2D eigenvalue weighted by atomic mass is 35.5. The van der Waals surface area contributed by atoms with E-state index >= 15 is 0 Å². The minimum Gasteiger partial charge on any atom is -0.508 e. The van der Waals surface area contributed by atoms with E-state index in [0.29, 0.717) is 40.3 Å². The Kier molecular flexibility index (Phi) is 6.66. The lowest BCUT2D eigenvalue weighted by Crippen LogP contribution is -2.36. The molecule has 0 saturated carbocycles. The molecule has 5 nitrogen and oxygen atoms in total. The summed E-state index contributed by atoms with van der Waals surface area (Å²) >= 11 is 6.06. The lowest BCUT2D eigenvalue weighted by Gasteiger charge is -2.36. The second-order valence-electron chi connectivity index (χ2n) is 9.23. The minimum absolute atomic E-state index is 0.00484. The van der Waals surface area contributed by atoms with Crippen LogP contribution in [0.25, 0.3) is 0 Å². The van der Waals surface area contributed by atoms with Crippen molar-refractivity contribution < 1.29 is 19.4 Å². The van der Waals surface area contributed by atoms with E-state index in [0.717, 1.165) is 16.8 Å². The fraction of sp³-hybridized carbons (Fsp3) is 0.200. The van der Waals surface area contributed by atoms with Gasteiger partial charge in [-0.05, 0) is 60.2 Å². The molecular formula is C30H26ClNO4. The van der Waals surface area contributed by atoms with Crippen LogP contribution in [0.2, 0.25) is 5.02 Å². The van der Waals surface area contributed by atoms with E-state index in [1.807, 2.05) is 67.6 Å². The van der Waals surface area contributed by atoms with Crippen LogP contribution in [0, 0.1) is 0 Å². The molecule has 0 spiro atoms. The lowest BCUT2D eigenvalue weighted by atomic mass is 9.71. The summed E-state index contributed by atoms with van der Waals surface area (Å²) in [6.45, 7) is 1.96. The van der Waals surface area contributed by atoms with Gasteiger partial charge in [-0.25, -0.2) is 4.79 Å². The van der Waals surface area contributed by atoms with Gasteiger partial charge in [0, 0.05) is 34.3 Å². The number of Topliss-reactive ketones (excluding diaryl/α,β-unsaturated/α-hetero) is 1. The van der Waals surface area contributed by atoms with E-state index in [1.165, 1.54) is 0 Å². The van der Waals surface area contributed by atoms with Gasteiger partial charge < -0.3 is 15.2 Å². The summed E-state index contributed by atoms with van der Waals surface area (Å²) in [6.07, 6.45) is 0.949. The average molecular weight is 500 g/mol. The number of ketones is 1. The smallest absolute Gasteiger partial charge is 0.337 e. The van der Waals surface area contributed by atoms with E-state index in [9.17, 15) is 14.7 Å². The summed E-state index contributed by atoms with van der Waals surface area (Å²) in [4.78, 5) is 27.1. The zero-order valence-corrected chi connectivity index (χ0v) is 20.6. The van der Waals surface area contributed by atoms with E-state index in [4.69, 9.17) is 16.3 Å². The summed E-state index contributed by atoms with van der Waals surface area (Å²) in [5, 5.41) is 14.2. The van der Waals surface area contributed by atoms with Crippen LogP contribution < -0.4 is 5.32 Å². The SMILES string of the molecule is CC1=C(C(=O)OCc2ccccc2)[C@H](c2cccc(O)c2)C2=C(C[C@H](c3ccc(Cl)cc3)CC2=O)N1. The Balaban J connectivity index is 1.51. The number of nitrogens with one attached hydrogen (secondary N) is 1. The van der Waals surface area contributed by atoms with Crippen molar-refractivity contribution in [2.75, 3.05) is 0 Å². The zero-order chi connectivity index (χ0) is 25.2. The van der Waals surface area contributed by atoms with Gasteiger partial charge in [0.25, 0.3) is 0 Å². The Morgan fingerprint density at radius 1 is 1.00 bits per heavy atom. The number of phenols is 1. The Bertz CT molecular complexity index is 1380. The normalized spacial score (nSPS) is 19.6. The van der Waals surface area contributed by atoms with Crippen molar-refractivity contribution >= 4 is 23.4 Å². The molecule has 0 unspecified atom stereocenters. The van der Waals surface area contributed by atoms with Crippen LogP contribution in [-0.4, -0.2) is 16.9 Å². The minimum atomic E-state index is -0.629. The van der Waals surface area contributed by atoms with Gasteiger partial charge >= 0.3 is 5.97 Å². The molecule has 2 aliphatic rings. The van der Waals surface area contributed by atoms with Gasteiger partial charge in [-0.2, -0.15) is 0 Å². The summed E-state index contributed by atoms with van der Waals surface area (Å²) < 4.78 is 5.69. The van der Waals surface area contributed by atoms with Gasteiger partial charge in [0.1, 0.15) is 12.4 Å². The number of aromatic hydroxyl groups is 1. The predicted octanol–water partition coefficient (Wildman–Crippen LogP) is 6.15. The summed E-state index contributed by atoms with van der Waals surface area (Å²) in [5.41, 5.74) is 4.98. The molecule has 36 heavy (non-hydrogen) atoms. The van der Waals surface area contributed by atoms with Crippen molar-refractivity contribution in [3.05, 3.63) is 123 Å². The number of allylic oxidation sites excluding steroid dienone is 3. The molecule has 2 N–H and O–H groups in total. The molecule has 1 aliphatic carbocycles. The van der Waals surface area contributed by atoms with E-state index in [1.54, 1.807) is 18.2 Å². The second-order valence-corrected chi connectivity index (χ2v) is 9.66. The van der Waals surface area contributed by atoms with Gasteiger partial charge in [0.05, 0.1) is 5.57 Å². The summed E-state index contributed by atoms with van der Waals surface area (Å²) in [7, 11) is 0. The Hall–Kier alpha value is -3.83. The van der Waals surface area contributed by atoms with Crippen LogP contribution in [0.15, 0.2) is 101 Å². The van der Waals surface area contributed by atoms with E-state index < -0.39 is 11.9 Å². The van der Waals surface area contributed by atoms with Crippen LogP contribution in [-0.2, 0) is 20.9 Å². The number of hydrogen-bond donors (Lipinski definition) is 2. The van der Waals surface area contributed by atoms with Crippen LogP contribution in [0.4, 0.5) is 0 Å². The molecule has 5 rings (SSSR count). The largest absolute Gasteiger partial charge is 0.508 e. The highest BCUT2D eigenvalue weighted by Gasteiger charge is 2.41. The number of benzene rings is 3. The molecule has 0 amide bonds. The van der Waals surface area contributed by atoms with Gasteiger partial charge in [0.2, 0.25) is 0 Å². The average Bonchev–Trinajstić information content (AvgIpc) is 2.87. The highest BCUT2D eigenvalue weighted by molar-refractivity contribution is 6.30. The molecule has 0 aromatic heterocycles. The first-order valence-corrected chi connectivity index (χ1v) is 12.3. The van der Waals surface area contributed by atoms with Crippen LogP contribution in [0.3, 0.4) is 0 Å². The zero-order valence-electron chi connectivity index (χ0n) is 19.8. The maximum atomic E-state index is 13.6. The number of phenolic OH excluding ortho intramolecular Hbond substituents is 1. The number of carbonyl (C=O) groups excluding carboxylic acids is 2. The maximum Gasteiger partial charge on any atom is 0.337 e. The molecule has 6 heteroatoms. The number of carbonyl (C=O) groups is 2. The predicted molar refractivity (Wildman–Crippen MR) is 138 cm³/mol. The molecule has 3 aromatic carbocycles. The second kappa shape index (κ2) is 10.0. The number of rotatable bonds is 5. The molecule has 182 valence electrons. The number of esters is 1. The molecule has 1 heterocycles. The molecule has 1 aliphatic heterocycles. The van der Waals surface area contributed by atoms with Crippen LogP contribution >= 0.6 is 11.6 Å². The summed E-state index contributed by atoms with van der Waals surface area (Å²) in [5.74, 6) is -1.07. The molecular weight excluding hydrogens is 474 g/mol. The van der Waals surface area contributed by atoms with Gasteiger partial charge in [-0.15, -0.1) is 0 Å². The standard InChI is InChI=1S/C30H26ClNO4/c1-18-27(30(35)36-17-19-6-3-2-4-7-19)28(21-8-5-9-24(33)14-21)29-25(32-18)15-22(16-26(29)34)20-10-12-23(31)13-11-20/h2-14,22,28,32-33H,15-17H2,1H3/t22-,28-/m0/s1. The Morgan fingerprint density at radius 2 is 1.75 bits per heavy atom. The highest BCUT2D eigenvalue weighted by Crippen LogP contribution is 2.46. The van der Waals surface area contributed by atoms with Crippen LogP contribution in [0.5, 0.6) is 5.75 Å². The number of halogens is 1. The molecule has 0 fully saturated rings. The van der Waals surface area contributed by atoms with Gasteiger partial charge in [0.15, 0.2) is 5.78 Å². The third-order valence-electron chi connectivity index (χ3n) is 6.81. The molecule has 0 saturated heterocycles. The fourth-order valence-corrected chi connectivity index (χ4v) is 5.24. The maximum absolute atomic E-state index is 13.6. The van der Waals surface area contributed by atoms with Crippen molar-refractivity contribution in [2.24, 2.45) is 0 Å². The third-order valence-corrected chi connectivity index (χ3v) is 7.06. The molecule has 0 radical (unpaired) electrons. The topological polar surface area (TPSA) is 75.6 Å². The van der Waals surface area contributed by atoms with Crippen molar-refractivity contribution in [1.29, 1.82) is 0 Å². The third kappa shape index (κ3) is 4.79. The molecule has 3 aromatic rings. The molecule has 0 bridgehead atoms. The van der Waals surface area contributed by atoms with Gasteiger partial charge in [-0.1, -0.05) is 66.2 Å². The number of hydrogen-bond acceptors (Lipinski definition) is 5. The Labute approximate surface area is 215 Å². The van der Waals surface area contributed by atoms with Crippen molar-refractivity contribution in [1.82, 2.24) is 5.32 Å². The van der Waals surface area contributed by atoms with Crippen molar-refractivity contribution in [3.63, 3.8) is 0 Å². The lowest BCUT2D eigenvalue weighted by molar-refractivity contribution is -0.140. The quantitative estimate of drug-likeness (QED) is 0.412. The van der Waals surface area contributed by atoms with E-state index in [2.05, 4.69) is 5.32 Å². The molecule has 2 atom stereocenters. The monoisotopic (exact) mass is 499 g/mol. The fourth-order valence-electron chi connectivity index (χ4n) is 5.12. The number of dihydropyridines is 1. The Morgan fingerprint density at radius 3 is 2.47 bits per heavy atom. The first-order valence-electron chi connectivity index (χ1n) is 11.9. The number of ether oxygens (including phenoxy) is 1. The first-order chi connectivity index (χ1) is 17.4. The van der Waals surface area contributed by atoms with Gasteiger partial charge in [-0.3, -0.25) is 4.79 Å². The van der Waals surface area contributed by atoms with E-state index in [-0.39, 0.29) is 24.1 Å². The van der Waals surface area contributed by atoms with Crippen molar-refractivity contribution in [2.45, 2.75) is 38.2 Å². The van der Waals surface area contributed by atoms with Crippen LogP contribution in [0.1, 0.15) is 48.3 Å². The summed E-state index contributed by atoms with van der Waals surface area (Å²) in [6, 6.07) is 23.8. The van der Waals surface area contributed by atoms with Crippen molar-refractivity contribution in [3.8, 4) is 5.75 Å². The first kappa shape index (κ1) is 23.9.